The Kier molecular flexibility index (Phi) is 4.62. The van der Waals surface area contributed by atoms with Crippen molar-refractivity contribution in [3.8, 4) is 11.8 Å². The first-order valence-corrected chi connectivity index (χ1v) is 6.91. The van der Waals surface area contributed by atoms with Gasteiger partial charge < -0.3 is 9.47 Å². The Balaban J connectivity index is 1.84. The highest BCUT2D eigenvalue weighted by Crippen LogP contribution is 2.33. The number of nitrogens with zero attached hydrogens (tertiary/aromatic N) is 1. The molecule has 18 heavy (non-hydrogen) atoms. The van der Waals surface area contributed by atoms with E-state index in [2.05, 4.69) is 22.0 Å². The highest BCUT2D eigenvalue weighted by molar-refractivity contribution is 9.10. The Hall–Kier alpha value is -1.05. The van der Waals surface area contributed by atoms with Crippen LogP contribution in [0.4, 0.5) is 0 Å². The van der Waals surface area contributed by atoms with Gasteiger partial charge >= 0.3 is 0 Å². The van der Waals surface area contributed by atoms with Crippen molar-refractivity contribution in [1.29, 1.82) is 5.26 Å². The van der Waals surface area contributed by atoms with Crippen molar-refractivity contribution in [3.05, 3.63) is 28.7 Å². The van der Waals surface area contributed by atoms with Crippen LogP contribution in [0, 0.1) is 16.7 Å². The van der Waals surface area contributed by atoms with E-state index in [0.29, 0.717) is 19.8 Å². The van der Waals surface area contributed by atoms with Crippen LogP contribution in [-0.4, -0.2) is 19.8 Å². The van der Waals surface area contributed by atoms with Gasteiger partial charge in [0.25, 0.3) is 0 Å². The average molecular weight is 310 g/mol. The lowest BCUT2D eigenvalue weighted by molar-refractivity contribution is 0.0313. The van der Waals surface area contributed by atoms with Crippen LogP contribution in [0.1, 0.15) is 19.3 Å². The molecule has 1 fully saturated rings. The lowest BCUT2D eigenvalue weighted by atomic mass is 9.79. The molecule has 0 saturated carbocycles. The zero-order valence-corrected chi connectivity index (χ0v) is 11.8. The van der Waals surface area contributed by atoms with Gasteiger partial charge in [-0.15, -0.1) is 0 Å². The molecular formula is C14H16BrNO2. The smallest absolute Gasteiger partial charge is 0.119 e. The molecule has 4 heteroatoms. The summed E-state index contributed by atoms with van der Waals surface area (Å²) in [5, 5.41) is 9.31. The van der Waals surface area contributed by atoms with E-state index in [9.17, 15) is 5.26 Å². The summed E-state index contributed by atoms with van der Waals surface area (Å²) in [5.74, 6) is 0.846. The van der Waals surface area contributed by atoms with Gasteiger partial charge in [0.2, 0.25) is 0 Å². The molecule has 0 spiro atoms. The minimum Gasteiger partial charge on any atom is -0.494 e. The van der Waals surface area contributed by atoms with Crippen LogP contribution in [0.2, 0.25) is 0 Å². The van der Waals surface area contributed by atoms with Crippen molar-refractivity contribution in [3.63, 3.8) is 0 Å². The second kappa shape index (κ2) is 6.21. The maximum atomic E-state index is 9.31. The van der Waals surface area contributed by atoms with Gasteiger partial charge in [-0.05, 0) is 37.1 Å². The number of benzene rings is 1. The molecule has 1 heterocycles. The standard InChI is InChI=1S/C14H16BrNO2/c15-12-1-3-13(4-2-12)18-10-7-14(11-16)5-8-17-9-6-14/h1-4H,5-10H2. The molecule has 0 aromatic heterocycles. The fourth-order valence-electron chi connectivity index (χ4n) is 2.07. The summed E-state index contributed by atoms with van der Waals surface area (Å²) in [7, 11) is 0. The summed E-state index contributed by atoms with van der Waals surface area (Å²) in [6.45, 7) is 1.95. The first-order chi connectivity index (χ1) is 8.74. The minimum atomic E-state index is -0.256. The second-order valence-corrected chi connectivity index (χ2v) is 5.47. The quantitative estimate of drug-likeness (QED) is 0.854. The van der Waals surface area contributed by atoms with E-state index in [0.717, 1.165) is 29.5 Å². The molecule has 1 aromatic carbocycles. The van der Waals surface area contributed by atoms with Gasteiger partial charge in [-0.1, -0.05) is 15.9 Å². The third-order valence-corrected chi connectivity index (χ3v) is 3.88. The van der Waals surface area contributed by atoms with Crippen molar-refractivity contribution in [1.82, 2.24) is 0 Å². The highest BCUT2D eigenvalue weighted by atomic mass is 79.9. The molecule has 0 amide bonds. The van der Waals surface area contributed by atoms with E-state index < -0.39 is 0 Å². The number of hydrogen-bond donors (Lipinski definition) is 0. The van der Waals surface area contributed by atoms with Crippen LogP contribution in [0.3, 0.4) is 0 Å². The number of rotatable bonds is 4. The molecule has 0 bridgehead atoms. The molecular weight excluding hydrogens is 294 g/mol. The first-order valence-electron chi connectivity index (χ1n) is 6.11. The Morgan fingerprint density at radius 2 is 1.94 bits per heavy atom. The number of ether oxygens (including phenoxy) is 2. The van der Waals surface area contributed by atoms with Gasteiger partial charge in [0.05, 0.1) is 18.1 Å². The highest BCUT2D eigenvalue weighted by Gasteiger charge is 2.32. The topological polar surface area (TPSA) is 42.2 Å². The van der Waals surface area contributed by atoms with Crippen LogP contribution in [0.25, 0.3) is 0 Å². The van der Waals surface area contributed by atoms with E-state index in [1.165, 1.54) is 0 Å². The molecule has 96 valence electrons. The fraction of sp³-hybridized carbons (Fsp3) is 0.500. The van der Waals surface area contributed by atoms with Gasteiger partial charge in [-0.3, -0.25) is 0 Å². The maximum Gasteiger partial charge on any atom is 0.119 e. The zero-order chi connectivity index (χ0) is 12.8. The van der Waals surface area contributed by atoms with Gasteiger partial charge in [-0.2, -0.15) is 5.26 Å². The molecule has 0 radical (unpaired) electrons. The van der Waals surface area contributed by atoms with Crippen molar-refractivity contribution in [2.24, 2.45) is 5.41 Å². The third kappa shape index (κ3) is 3.47. The summed E-state index contributed by atoms with van der Waals surface area (Å²) in [5.41, 5.74) is -0.256. The summed E-state index contributed by atoms with van der Waals surface area (Å²) >= 11 is 3.38. The summed E-state index contributed by atoms with van der Waals surface area (Å²) in [6, 6.07) is 10.2. The van der Waals surface area contributed by atoms with E-state index in [4.69, 9.17) is 9.47 Å². The van der Waals surface area contributed by atoms with Crippen LogP contribution in [-0.2, 0) is 4.74 Å². The maximum absolute atomic E-state index is 9.31. The molecule has 1 aromatic rings. The Morgan fingerprint density at radius 3 is 2.56 bits per heavy atom. The third-order valence-electron chi connectivity index (χ3n) is 3.35. The van der Waals surface area contributed by atoms with Crippen LogP contribution >= 0.6 is 15.9 Å². The van der Waals surface area contributed by atoms with Gasteiger partial charge in [-0.25, -0.2) is 0 Å². The van der Waals surface area contributed by atoms with Gasteiger partial charge in [0.1, 0.15) is 5.75 Å². The summed E-state index contributed by atoms with van der Waals surface area (Å²) in [4.78, 5) is 0. The van der Waals surface area contributed by atoms with E-state index in [1.807, 2.05) is 24.3 Å². The van der Waals surface area contributed by atoms with E-state index in [-0.39, 0.29) is 5.41 Å². The van der Waals surface area contributed by atoms with Crippen LogP contribution < -0.4 is 4.74 Å². The molecule has 0 unspecified atom stereocenters. The molecule has 0 N–H and O–H groups in total. The largest absolute Gasteiger partial charge is 0.494 e. The van der Waals surface area contributed by atoms with Crippen molar-refractivity contribution >= 4 is 15.9 Å². The van der Waals surface area contributed by atoms with Crippen molar-refractivity contribution in [2.75, 3.05) is 19.8 Å². The number of halogens is 1. The zero-order valence-electron chi connectivity index (χ0n) is 10.2. The monoisotopic (exact) mass is 309 g/mol. The second-order valence-electron chi connectivity index (χ2n) is 4.56. The lowest BCUT2D eigenvalue weighted by Crippen LogP contribution is -2.29. The predicted octanol–water partition coefficient (Wildman–Crippen LogP) is 3.54. The number of hydrogen-bond acceptors (Lipinski definition) is 3. The molecule has 3 nitrogen and oxygen atoms in total. The molecule has 2 rings (SSSR count). The fourth-order valence-corrected chi connectivity index (χ4v) is 2.34. The van der Waals surface area contributed by atoms with E-state index >= 15 is 0 Å². The number of nitriles is 1. The molecule has 1 aliphatic rings. The Morgan fingerprint density at radius 1 is 1.28 bits per heavy atom. The van der Waals surface area contributed by atoms with Gasteiger partial charge in [0, 0.05) is 24.1 Å². The summed E-state index contributed by atoms with van der Waals surface area (Å²) in [6.07, 6.45) is 2.39. The average Bonchev–Trinajstić information content (AvgIpc) is 2.42. The minimum absolute atomic E-state index is 0.256. The van der Waals surface area contributed by atoms with Crippen molar-refractivity contribution in [2.45, 2.75) is 19.3 Å². The normalized spacial score (nSPS) is 18.0. The first kappa shape index (κ1) is 13.4. The molecule has 1 saturated heterocycles. The lowest BCUT2D eigenvalue weighted by Gasteiger charge is -2.30. The van der Waals surface area contributed by atoms with Crippen molar-refractivity contribution < 1.29 is 9.47 Å². The van der Waals surface area contributed by atoms with Crippen LogP contribution in [0.5, 0.6) is 5.75 Å². The van der Waals surface area contributed by atoms with Gasteiger partial charge in [0.15, 0.2) is 0 Å². The molecule has 0 atom stereocenters. The van der Waals surface area contributed by atoms with Crippen LogP contribution in [0.15, 0.2) is 28.7 Å². The Labute approximate surface area is 116 Å². The van der Waals surface area contributed by atoms with E-state index in [1.54, 1.807) is 0 Å². The Bertz CT molecular complexity index is 418. The SMILES string of the molecule is N#CC1(CCOc2ccc(Br)cc2)CCOCC1. The summed E-state index contributed by atoms with van der Waals surface area (Å²) < 4.78 is 12.0. The molecule has 1 aliphatic heterocycles. The predicted molar refractivity (Wildman–Crippen MR) is 72.4 cm³/mol. The molecule has 0 aliphatic carbocycles.